The van der Waals surface area contributed by atoms with Crippen LogP contribution in [0.4, 0.5) is 0 Å². The van der Waals surface area contributed by atoms with Gasteiger partial charge in [0.1, 0.15) is 5.75 Å². The van der Waals surface area contributed by atoms with Gasteiger partial charge in [-0.25, -0.2) is 0 Å². The molecule has 0 bridgehead atoms. The number of aromatic nitrogens is 1. The number of piperidine rings is 1. The summed E-state index contributed by atoms with van der Waals surface area (Å²) in [5.74, 6) is 1.64. The first-order valence-corrected chi connectivity index (χ1v) is 9.21. The van der Waals surface area contributed by atoms with Crippen molar-refractivity contribution in [1.29, 1.82) is 0 Å². The summed E-state index contributed by atoms with van der Waals surface area (Å²) in [6.45, 7) is 3.38. The fourth-order valence-corrected chi connectivity index (χ4v) is 3.80. The number of hydrogen-bond donors (Lipinski definition) is 1. The number of rotatable bonds is 7. The van der Waals surface area contributed by atoms with Gasteiger partial charge in [-0.1, -0.05) is 24.3 Å². The Bertz CT molecular complexity index is 639. The molecule has 1 fully saturated rings. The van der Waals surface area contributed by atoms with Crippen LogP contribution < -0.4 is 10.1 Å². The third-order valence-corrected chi connectivity index (χ3v) is 5.26. The first kappa shape index (κ1) is 17.9. The summed E-state index contributed by atoms with van der Waals surface area (Å²) < 4.78 is 5.54. The first-order chi connectivity index (χ1) is 12.3. The number of methoxy groups -OCH3 is 1. The van der Waals surface area contributed by atoms with Crippen LogP contribution in [0.1, 0.15) is 29.9 Å². The molecule has 1 atom stereocenters. The summed E-state index contributed by atoms with van der Waals surface area (Å²) >= 11 is 0. The van der Waals surface area contributed by atoms with Crippen LogP contribution in [0.2, 0.25) is 0 Å². The highest BCUT2D eigenvalue weighted by Crippen LogP contribution is 2.33. The highest BCUT2D eigenvalue weighted by atomic mass is 16.5. The van der Waals surface area contributed by atoms with Crippen LogP contribution in [0.25, 0.3) is 0 Å². The van der Waals surface area contributed by atoms with Crippen LogP contribution in [-0.2, 0) is 6.42 Å². The smallest absolute Gasteiger partial charge is 0.122 e. The van der Waals surface area contributed by atoms with Crippen LogP contribution >= 0.6 is 0 Å². The van der Waals surface area contributed by atoms with E-state index in [4.69, 9.17) is 4.74 Å². The molecule has 4 heteroatoms. The van der Waals surface area contributed by atoms with E-state index in [9.17, 15) is 0 Å². The normalized spacial score (nSPS) is 17.4. The number of likely N-dealkylation sites (tertiary alicyclic amines) is 1. The number of nitrogens with one attached hydrogen (secondary N) is 1. The number of ether oxygens (including phenoxy) is 1. The zero-order valence-electron chi connectivity index (χ0n) is 15.3. The molecule has 2 heterocycles. The van der Waals surface area contributed by atoms with E-state index in [2.05, 4.69) is 46.5 Å². The minimum Gasteiger partial charge on any atom is -0.496 e. The van der Waals surface area contributed by atoms with E-state index < -0.39 is 0 Å². The number of pyridine rings is 1. The van der Waals surface area contributed by atoms with Crippen molar-refractivity contribution in [2.75, 3.05) is 33.8 Å². The average Bonchev–Trinajstić information content (AvgIpc) is 2.69. The molecule has 4 nitrogen and oxygen atoms in total. The molecule has 2 aromatic rings. The van der Waals surface area contributed by atoms with Crippen LogP contribution in [0.3, 0.4) is 0 Å². The quantitative estimate of drug-likeness (QED) is 0.841. The van der Waals surface area contributed by atoms with E-state index >= 15 is 0 Å². The molecule has 1 aromatic carbocycles. The molecular formula is C21H29N3O. The second-order valence-corrected chi connectivity index (χ2v) is 6.87. The SMILES string of the molecule is CN[C@H](Cc1cccnc1)CN1CCC(c2ccccc2OC)CC1. The van der Waals surface area contributed by atoms with E-state index in [-0.39, 0.29) is 0 Å². The van der Waals surface area contributed by atoms with Crippen molar-refractivity contribution in [3.63, 3.8) is 0 Å². The van der Waals surface area contributed by atoms with Gasteiger partial charge in [-0.05, 0) is 68.6 Å². The Hall–Kier alpha value is -1.91. The Balaban J connectivity index is 1.53. The molecule has 25 heavy (non-hydrogen) atoms. The standard InChI is InChI=1S/C21H29N3O/c1-22-19(14-17-6-5-11-23-15-17)16-24-12-9-18(10-13-24)20-7-3-4-8-21(20)25-2/h3-8,11,15,18-19,22H,9-10,12-14,16H2,1-2H3/t19-/m1/s1. The maximum absolute atomic E-state index is 5.54. The molecule has 0 unspecified atom stereocenters. The van der Waals surface area contributed by atoms with Crippen molar-refractivity contribution in [3.8, 4) is 5.75 Å². The van der Waals surface area contributed by atoms with Gasteiger partial charge < -0.3 is 15.0 Å². The topological polar surface area (TPSA) is 37.4 Å². The zero-order valence-corrected chi connectivity index (χ0v) is 15.3. The summed E-state index contributed by atoms with van der Waals surface area (Å²) in [6.07, 6.45) is 7.23. The summed E-state index contributed by atoms with van der Waals surface area (Å²) in [7, 11) is 3.83. The molecule has 1 saturated heterocycles. The summed E-state index contributed by atoms with van der Waals surface area (Å²) in [5.41, 5.74) is 2.66. The number of benzene rings is 1. The molecule has 134 valence electrons. The third kappa shape index (κ3) is 4.80. The van der Waals surface area contributed by atoms with Gasteiger partial charge in [0.25, 0.3) is 0 Å². The number of hydrogen-bond acceptors (Lipinski definition) is 4. The average molecular weight is 339 g/mol. The number of likely N-dealkylation sites (N-methyl/N-ethyl adjacent to an activating group) is 1. The minimum atomic E-state index is 0.465. The van der Waals surface area contributed by atoms with Crippen molar-refractivity contribution in [2.45, 2.75) is 31.2 Å². The van der Waals surface area contributed by atoms with Gasteiger partial charge >= 0.3 is 0 Å². The summed E-state index contributed by atoms with van der Waals surface area (Å²) in [5, 5.41) is 3.47. The minimum absolute atomic E-state index is 0.465. The molecule has 1 N–H and O–H groups in total. The second-order valence-electron chi connectivity index (χ2n) is 6.87. The molecule has 0 amide bonds. The molecule has 0 radical (unpaired) electrons. The molecule has 1 aliphatic heterocycles. The predicted molar refractivity (Wildman–Crippen MR) is 102 cm³/mol. The van der Waals surface area contributed by atoms with E-state index in [1.54, 1.807) is 7.11 Å². The number of nitrogens with zero attached hydrogens (tertiary/aromatic N) is 2. The van der Waals surface area contributed by atoms with Crippen molar-refractivity contribution < 1.29 is 4.74 Å². The highest BCUT2D eigenvalue weighted by molar-refractivity contribution is 5.36. The maximum Gasteiger partial charge on any atom is 0.122 e. The van der Waals surface area contributed by atoms with Crippen molar-refractivity contribution in [1.82, 2.24) is 15.2 Å². The number of para-hydroxylation sites is 1. The molecule has 3 rings (SSSR count). The Labute approximate surface area is 151 Å². The lowest BCUT2D eigenvalue weighted by molar-refractivity contribution is 0.192. The maximum atomic E-state index is 5.54. The van der Waals surface area contributed by atoms with Gasteiger partial charge in [0.05, 0.1) is 7.11 Å². The lowest BCUT2D eigenvalue weighted by atomic mass is 9.88. The van der Waals surface area contributed by atoms with Gasteiger partial charge in [-0.3, -0.25) is 4.98 Å². The van der Waals surface area contributed by atoms with Crippen LogP contribution in [0.15, 0.2) is 48.8 Å². The molecule has 0 spiro atoms. The lowest BCUT2D eigenvalue weighted by Crippen LogP contribution is -2.44. The highest BCUT2D eigenvalue weighted by Gasteiger charge is 2.24. The fourth-order valence-electron chi connectivity index (χ4n) is 3.80. The Morgan fingerprint density at radius 3 is 2.68 bits per heavy atom. The largest absolute Gasteiger partial charge is 0.496 e. The van der Waals surface area contributed by atoms with Crippen molar-refractivity contribution in [3.05, 3.63) is 59.9 Å². The van der Waals surface area contributed by atoms with Crippen molar-refractivity contribution in [2.24, 2.45) is 0 Å². The zero-order chi connectivity index (χ0) is 17.5. The second kappa shape index (κ2) is 8.97. The van der Waals surface area contributed by atoms with E-state index in [0.29, 0.717) is 12.0 Å². The predicted octanol–water partition coefficient (Wildman–Crippen LogP) is 3.10. The van der Waals surface area contributed by atoms with Gasteiger partial charge in [0.15, 0.2) is 0 Å². The van der Waals surface area contributed by atoms with Gasteiger partial charge in [0.2, 0.25) is 0 Å². The van der Waals surface area contributed by atoms with E-state index in [1.807, 2.05) is 24.5 Å². The van der Waals surface area contributed by atoms with Gasteiger partial charge in [-0.15, -0.1) is 0 Å². The summed E-state index contributed by atoms with van der Waals surface area (Å²) in [4.78, 5) is 6.81. The fraction of sp³-hybridized carbons (Fsp3) is 0.476. The first-order valence-electron chi connectivity index (χ1n) is 9.21. The van der Waals surface area contributed by atoms with Gasteiger partial charge in [0, 0.05) is 25.0 Å². The Morgan fingerprint density at radius 2 is 2.00 bits per heavy atom. The Morgan fingerprint density at radius 1 is 1.20 bits per heavy atom. The molecule has 1 aliphatic rings. The van der Waals surface area contributed by atoms with Gasteiger partial charge in [-0.2, -0.15) is 0 Å². The van der Waals surface area contributed by atoms with Crippen LogP contribution in [-0.4, -0.2) is 49.7 Å². The third-order valence-electron chi connectivity index (χ3n) is 5.26. The van der Waals surface area contributed by atoms with E-state index in [1.165, 1.54) is 24.0 Å². The molecular weight excluding hydrogens is 310 g/mol. The summed E-state index contributed by atoms with van der Waals surface area (Å²) in [6, 6.07) is 13.1. The molecule has 0 saturated carbocycles. The van der Waals surface area contributed by atoms with Crippen molar-refractivity contribution >= 4 is 0 Å². The van der Waals surface area contributed by atoms with E-state index in [0.717, 1.165) is 31.8 Å². The molecule has 0 aliphatic carbocycles. The lowest BCUT2D eigenvalue weighted by Gasteiger charge is -2.34. The van der Waals surface area contributed by atoms with Crippen LogP contribution in [0, 0.1) is 0 Å². The van der Waals surface area contributed by atoms with Crippen LogP contribution in [0.5, 0.6) is 5.75 Å². The monoisotopic (exact) mass is 339 g/mol. The Kier molecular flexibility index (Phi) is 6.42. The molecule has 1 aromatic heterocycles.